The molecular formula is C11H12F5N3O. The van der Waals surface area contributed by atoms with E-state index < -0.39 is 47.4 Å². The summed E-state index contributed by atoms with van der Waals surface area (Å²) in [6.45, 7) is 1.13. The van der Waals surface area contributed by atoms with E-state index in [0.29, 0.717) is 12.1 Å². The van der Waals surface area contributed by atoms with Crippen molar-refractivity contribution in [3.8, 4) is 0 Å². The van der Waals surface area contributed by atoms with Crippen LogP contribution in [0.15, 0.2) is 12.1 Å². The second-order valence-corrected chi connectivity index (χ2v) is 4.15. The average Bonchev–Trinajstić information content (AvgIpc) is 2.25. The van der Waals surface area contributed by atoms with Crippen LogP contribution in [0.4, 0.5) is 27.6 Å². The summed E-state index contributed by atoms with van der Waals surface area (Å²) in [4.78, 5) is 11.6. The number of rotatable bonds is 4. The fourth-order valence-corrected chi connectivity index (χ4v) is 1.55. The maximum atomic E-state index is 13.3. The molecule has 1 amide bonds. The number of carbonyl (C=O) groups excluding carboxylic acids is 1. The minimum atomic E-state index is -4.45. The molecule has 0 saturated heterocycles. The highest BCUT2D eigenvalue weighted by Gasteiger charge is 2.30. The zero-order valence-electron chi connectivity index (χ0n) is 10.3. The smallest absolute Gasteiger partial charge is 0.349 e. The summed E-state index contributed by atoms with van der Waals surface area (Å²) in [5, 5.41) is 2.00. The van der Waals surface area contributed by atoms with Gasteiger partial charge in [0.1, 0.15) is 5.69 Å². The topological polar surface area (TPSA) is 67.2 Å². The highest BCUT2D eigenvalue weighted by Crippen LogP contribution is 2.22. The molecule has 4 nitrogen and oxygen atoms in total. The first-order chi connectivity index (χ1) is 9.14. The predicted octanol–water partition coefficient (Wildman–Crippen LogP) is 2.32. The first-order valence-corrected chi connectivity index (χ1v) is 5.47. The normalized spacial score (nSPS) is 12.9. The Morgan fingerprint density at radius 3 is 2.20 bits per heavy atom. The molecule has 0 bridgehead atoms. The molecular weight excluding hydrogens is 285 g/mol. The molecule has 1 atom stereocenters. The monoisotopic (exact) mass is 297 g/mol. The Balaban J connectivity index is 2.83. The summed E-state index contributed by atoms with van der Waals surface area (Å²) in [6.07, 6.45) is -5.69. The second-order valence-electron chi connectivity index (χ2n) is 4.15. The van der Waals surface area contributed by atoms with Gasteiger partial charge in [-0.05, 0) is 19.1 Å². The summed E-state index contributed by atoms with van der Waals surface area (Å²) in [5.41, 5.74) is 0.700. The van der Waals surface area contributed by atoms with Crippen LogP contribution in [-0.2, 0) is 0 Å². The molecule has 1 aromatic rings. The minimum Gasteiger partial charge on any atom is -0.349 e. The Hall–Kier alpha value is -1.90. The molecule has 0 saturated carbocycles. The fraction of sp³-hybridized carbons (Fsp3) is 0.364. The molecule has 0 heterocycles. The lowest BCUT2D eigenvalue weighted by Gasteiger charge is -2.16. The van der Waals surface area contributed by atoms with Crippen molar-refractivity contribution in [2.45, 2.75) is 25.6 Å². The van der Waals surface area contributed by atoms with Crippen LogP contribution in [-0.4, -0.2) is 18.1 Å². The Morgan fingerprint density at radius 2 is 1.80 bits per heavy atom. The molecule has 0 aliphatic rings. The van der Waals surface area contributed by atoms with Gasteiger partial charge in [-0.3, -0.25) is 10.6 Å². The number of halogens is 5. The fourth-order valence-electron chi connectivity index (χ4n) is 1.55. The van der Waals surface area contributed by atoms with Crippen LogP contribution in [0.2, 0.25) is 0 Å². The Kier molecular flexibility index (Phi) is 4.88. The van der Waals surface area contributed by atoms with E-state index in [1.54, 1.807) is 5.43 Å². The van der Waals surface area contributed by atoms with Crippen LogP contribution >= 0.6 is 0 Å². The molecule has 1 aromatic carbocycles. The molecule has 0 spiro atoms. The van der Waals surface area contributed by atoms with E-state index in [-0.39, 0.29) is 0 Å². The van der Waals surface area contributed by atoms with Gasteiger partial charge in [0, 0.05) is 11.6 Å². The van der Waals surface area contributed by atoms with Crippen molar-refractivity contribution in [1.29, 1.82) is 0 Å². The summed E-state index contributed by atoms with van der Waals surface area (Å²) in [6, 6.07) is 0.128. The summed E-state index contributed by atoms with van der Waals surface area (Å²) < 4.78 is 63.0. The van der Waals surface area contributed by atoms with E-state index in [0.717, 1.165) is 6.92 Å². The molecule has 1 unspecified atom stereocenters. The van der Waals surface area contributed by atoms with Crippen LogP contribution in [0.25, 0.3) is 0 Å². The molecule has 4 N–H and O–H groups in total. The van der Waals surface area contributed by atoms with Gasteiger partial charge >= 0.3 is 6.18 Å². The molecule has 0 aliphatic carbocycles. The van der Waals surface area contributed by atoms with Crippen LogP contribution < -0.4 is 16.6 Å². The third kappa shape index (κ3) is 4.34. The highest BCUT2D eigenvalue weighted by atomic mass is 19.4. The molecule has 112 valence electrons. The number of hydrogen-bond acceptors (Lipinski definition) is 3. The number of nitrogens with one attached hydrogen (secondary N) is 2. The second kappa shape index (κ2) is 6.04. The maximum Gasteiger partial charge on any atom is 0.391 e. The van der Waals surface area contributed by atoms with E-state index in [1.807, 2.05) is 5.32 Å². The van der Waals surface area contributed by atoms with Gasteiger partial charge in [0.15, 0.2) is 11.6 Å². The first kappa shape index (κ1) is 16.2. The quantitative estimate of drug-likeness (QED) is 0.454. The Labute approximate surface area is 111 Å². The molecule has 9 heteroatoms. The van der Waals surface area contributed by atoms with Gasteiger partial charge in [-0.15, -0.1) is 0 Å². The van der Waals surface area contributed by atoms with E-state index >= 15 is 0 Å². The van der Waals surface area contributed by atoms with Crippen LogP contribution in [0.3, 0.4) is 0 Å². The highest BCUT2D eigenvalue weighted by molar-refractivity contribution is 5.94. The number of nitrogen functional groups attached to an aromatic ring is 1. The number of hydrogen-bond donors (Lipinski definition) is 3. The minimum absolute atomic E-state index is 0.437. The summed E-state index contributed by atoms with van der Waals surface area (Å²) in [7, 11) is 0. The molecule has 0 fully saturated rings. The number of benzene rings is 1. The van der Waals surface area contributed by atoms with Crippen molar-refractivity contribution in [2.24, 2.45) is 5.84 Å². The van der Waals surface area contributed by atoms with Gasteiger partial charge in [0.05, 0.1) is 6.42 Å². The predicted molar refractivity (Wildman–Crippen MR) is 61.8 cm³/mol. The van der Waals surface area contributed by atoms with Crippen molar-refractivity contribution in [3.63, 3.8) is 0 Å². The number of hydrazine groups is 1. The van der Waals surface area contributed by atoms with Gasteiger partial charge < -0.3 is 10.7 Å². The number of anilines is 1. The Bertz CT molecular complexity index is 480. The first-order valence-electron chi connectivity index (χ1n) is 5.47. The van der Waals surface area contributed by atoms with Crippen LogP contribution in [0, 0.1) is 11.6 Å². The van der Waals surface area contributed by atoms with E-state index in [9.17, 15) is 26.7 Å². The average molecular weight is 297 g/mol. The van der Waals surface area contributed by atoms with E-state index in [1.165, 1.54) is 0 Å². The van der Waals surface area contributed by atoms with Gasteiger partial charge in [0.2, 0.25) is 0 Å². The molecule has 0 aromatic heterocycles. The van der Waals surface area contributed by atoms with Crippen molar-refractivity contribution < 1.29 is 26.7 Å². The van der Waals surface area contributed by atoms with E-state index in [4.69, 9.17) is 5.84 Å². The largest absolute Gasteiger partial charge is 0.391 e. The molecule has 0 radical (unpaired) electrons. The number of carbonyl (C=O) groups is 1. The van der Waals surface area contributed by atoms with Gasteiger partial charge in [-0.1, -0.05) is 0 Å². The molecule has 0 aliphatic heterocycles. The van der Waals surface area contributed by atoms with Crippen molar-refractivity contribution in [1.82, 2.24) is 5.32 Å². The maximum absolute atomic E-state index is 13.3. The standard InChI is InChI=1S/C11H12F5N3O/c1-5(4-11(14,15)16)18-10(20)6-2-7(12)9(19-17)8(13)3-6/h2-3,5,19H,4,17H2,1H3,(H,18,20). The zero-order chi connectivity index (χ0) is 15.5. The third-order valence-electron chi connectivity index (χ3n) is 2.36. The Morgan fingerprint density at radius 1 is 1.30 bits per heavy atom. The third-order valence-corrected chi connectivity index (χ3v) is 2.36. The lowest BCUT2D eigenvalue weighted by atomic mass is 10.1. The lowest BCUT2D eigenvalue weighted by Crippen LogP contribution is -2.36. The van der Waals surface area contributed by atoms with Crippen molar-refractivity contribution in [2.75, 3.05) is 5.43 Å². The van der Waals surface area contributed by atoms with Crippen molar-refractivity contribution in [3.05, 3.63) is 29.3 Å². The zero-order valence-corrected chi connectivity index (χ0v) is 10.3. The van der Waals surface area contributed by atoms with Crippen molar-refractivity contribution >= 4 is 11.6 Å². The van der Waals surface area contributed by atoms with Gasteiger partial charge in [0.25, 0.3) is 5.91 Å². The van der Waals surface area contributed by atoms with Crippen LogP contribution in [0.1, 0.15) is 23.7 Å². The van der Waals surface area contributed by atoms with Crippen LogP contribution in [0.5, 0.6) is 0 Å². The lowest BCUT2D eigenvalue weighted by molar-refractivity contribution is -0.138. The van der Waals surface area contributed by atoms with Gasteiger partial charge in [-0.25, -0.2) is 8.78 Å². The summed E-state index contributed by atoms with van der Waals surface area (Å²) in [5.74, 6) is 1.61. The van der Waals surface area contributed by atoms with Gasteiger partial charge in [-0.2, -0.15) is 13.2 Å². The number of alkyl halides is 3. The summed E-state index contributed by atoms with van der Waals surface area (Å²) >= 11 is 0. The number of amides is 1. The molecule has 1 rings (SSSR count). The number of nitrogens with two attached hydrogens (primary N) is 1. The van der Waals surface area contributed by atoms with E-state index in [2.05, 4.69) is 0 Å². The molecule has 20 heavy (non-hydrogen) atoms. The SMILES string of the molecule is CC(CC(F)(F)F)NC(=O)c1cc(F)c(NN)c(F)c1.